The van der Waals surface area contributed by atoms with Gasteiger partial charge in [-0.1, -0.05) is 51.0 Å². The third-order valence-corrected chi connectivity index (χ3v) is 4.90. The highest BCUT2D eigenvalue weighted by Crippen LogP contribution is 2.24. The standard InChI is InChI=1S/C19H32N2/c1-4-17-12-7-6-10-14-21(17)15-19(20-5-2)18-13-9-8-11-16(18)3/h8-9,11,13,17,19-20H,4-7,10,12,14-15H2,1-3H3. The smallest absolute Gasteiger partial charge is 0.0451 e. The van der Waals surface area contributed by atoms with Gasteiger partial charge in [-0.2, -0.15) is 0 Å². The fourth-order valence-electron chi connectivity index (χ4n) is 3.67. The average molecular weight is 288 g/mol. The van der Waals surface area contributed by atoms with Crippen molar-refractivity contribution in [2.45, 2.75) is 65.0 Å². The Hall–Kier alpha value is -0.860. The van der Waals surface area contributed by atoms with Crippen LogP contribution in [-0.2, 0) is 0 Å². The molecular weight excluding hydrogens is 256 g/mol. The summed E-state index contributed by atoms with van der Waals surface area (Å²) in [4.78, 5) is 2.74. The van der Waals surface area contributed by atoms with E-state index in [1.807, 2.05) is 0 Å². The molecule has 2 atom stereocenters. The second kappa shape index (κ2) is 8.55. The molecule has 1 saturated heterocycles. The molecule has 1 aliphatic heterocycles. The number of benzene rings is 1. The minimum absolute atomic E-state index is 0.461. The van der Waals surface area contributed by atoms with Crippen LogP contribution in [0.15, 0.2) is 24.3 Å². The summed E-state index contributed by atoms with van der Waals surface area (Å²) in [5, 5.41) is 3.71. The Morgan fingerprint density at radius 1 is 1.19 bits per heavy atom. The molecule has 21 heavy (non-hydrogen) atoms. The van der Waals surface area contributed by atoms with Gasteiger partial charge in [0.1, 0.15) is 0 Å². The fraction of sp³-hybridized carbons (Fsp3) is 0.684. The van der Waals surface area contributed by atoms with Crippen LogP contribution in [0.5, 0.6) is 0 Å². The van der Waals surface area contributed by atoms with Gasteiger partial charge in [0.05, 0.1) is 0 Å². The summed E-state index contributed by atoms with van der Waals surface area (Å²) in [6.07, 6.45) is 6.84. The van der Waals surface area contributed by atoms with Crippen LogP contribution >= 0.6 is 0 Å². The van der Waals surface area contributed by atoms with Crippen LogP contribution in [0, 0.1) is 6.92 Å². The highest BCUT2D eigenvalue weighted by Gasteiger charge is 2.23. The summed E-state index contributed by atoms with van der Waals surface area (Å²) >= 11 is 0. The number of nitrogens with zero attached hydrogens (tertiary/aromatic N) is 1. The number of rotatable bonds is 6. The van der Waals surface area contributed by atoms with Crippen molar-refractivity contribution >= 4 is 0 Å². The van der Waals surface area contributed by atoms with Crippen molar-refractivity contribution in [1.29, 1.82) is 0 Å². The summed E-state index contributed by atoms with van der Waals surface area (Å²) in [6.45, 7) is 10.2. The van der Waals surface area contributed by atoms with Gasteiger partial charge in [0.15, 0.2) is 0 Å². The SMILES string of the molecule is CCNC(CN1CCCCCC1CC)c1ccccc1C. The Bertz CT molecular complexity index is 416. The Labute approximate surface area is 130 Å². The first kappa shape index (κ1) is 16.5. The first-order valence-corrected chi connectivity index (χ1v) is 8.79. The quantitative estimate of drug-likeness (QED) is 0.839. The van der Waals surface area contributed by atoms with E-state index < -0.39 is 0 Å². The molecule has 1 aromatic carbocycles. The summed E-state index contributed by atoms with van der Waals surface area (Å²) in [5.41, 5.74) is 2.88. The van der Waals surface area contributed by atoms with Gasteiger partial charge in [0, 0.05) is 18.6 Å². The zero-order chi connectivity index (χ0) is 15.1. The lowest BCUT2D eigenvalue weighted by molar-refractivity contribution is 0.174. The second-order valence-corrected chi connectivity index (χ2v) is 6.37. The third-order valence-electron chi connectivity index (χ3n) is 4.90. The van der Waals surface area contributed by atoms with Crippen LogP contribution in [0.1, 0.15) is 63.1 Å². The highest BCUT2D eigenvalue weighted by molar-refractivity contribution is 5.29. The number of hydrogen-bond acceptors (Lipinski definition) is 2. The molecule has 0 aliphatic carbocycles. The minimum atomic E-state index is 0.461. The maximum absolute atomic E-state index is 3.71. The van der Waals surface area contributed by atoms with E-state index >= 15 is 0 Å². The molecule has 1 fully saturated rings. The molecule has 2 unspecified atom stereocenters. The third kappa shape index (κ3) is 4.55. The van der Waals surface area contributed by atoms with Crippen molar-refractivity contribution in [1.82, 2.24) is 10.2 Å². The number of likely N-dealkylation sites (tertiary alicyclic amines) is 1. The second-order valence-electron chi connectivity index (χ2n) is 6.37. The normalized spacial score (nSPS) is 22.0. The summed E-state index contributed by atoms with van der Waals surface area (Å²) in [7, 11) is 0. The van der Waals surface area contributed by atoms with E-state index in [4.69, 9.17) is 0 Å². The van der Waals surface area contributed by atoms with Gasteiger partial charge in [0.25, 0.3) is 0 Å². The number of hydrogen-bond donors (Lipinski definition) is 1. The van der Waals surface area contributed by atoms with E-state index in [1.165, 1.54) is 49.8 Å². The van der Waals surface area contributed by atoms with Crippen molar-refractivity contribution in [3.63, 3.8) is 0 Å². The van der Waals surface area contributed by atoms with E-state index in [2.05, 4.69) is 55.3 Å². The van der Waals surface area contributed by atoms with E-state index in [0.717, 1.165) is 19.1 Å². The van der Waals surface area contributed by atoms with Crippen molar-refractivity contribution in [2.75, 3.05) is 19.6 Å². The number of likely N-dealkylation sites (N-methyl/N-ethyl adjacent to an activating group) is 1. The van der Waals surface area contributed by atoms with E-state index in [0.29, 0.717) is 6.04 Å². The molecule has 1 aliphatic rings. The fourth-order valence-corrected chi connectivity index (χ4v) is 3.67. The molecular formula is C19H32N2. The van der Waals surface area contributed by atoms with Crippen LogP contribution in [0.2, 0.25) is 0 Å². The van der Waals surface area contributed by atoms with Crippen LogP contribution in [0.3, 0.4) is 0 Å². The first-order chi connectivity index (χ1) is 10.3. The molecule has 0 saturated carbocycles. The van der Waals surface area contributed by atoms with Gasteiger partial charge in [-0.3, -0.25) is 4.90 Å². The molecule has 1 aromatic rings. The lowest BCUT2D eigenvalue weighted by Crippen LogP contribution is -2.41. The Balaban J connectivity index is 2.12. The van der Waals surface area contributed by atoms with E-state index in [-0.39, 0.29) is 0 Å². The van der Waals surface area contributed by atoms with Crippen molar-refractivity contribution < 1.29 is 0 Å². The lowest BCUT2D eigenvalue weighted by Gasteiger charge is -2.33. The van der Waals surface area contributed by atoms with Crippen molar-refractivity contribution in [3.8, 4) is 0 Å². The van der Waals surface area contributed by atoms with Gasteiger partial charge < -0.3 is 5.32 Å². The Morgan fingerprint density at radius 3 is 2.71 bits per heavy atom. The van der Waals surface area contributed by atoms with Crippen molar-refractivity contribution in [2.24, 2.45) is 0 Å². The lowest BCUT2D eigenvalue weighted by atomic mass is 9.99. The van der Waals surface area contributed by atoms with Gasteiger partial charge >= 0.3 is 0 Å². The molecule has 1 N–H and O–H groups in total. The van der Waals surface area contributed by atoms with Crippen LogP contribution in [0.4, 0.5) is 0 Å². The molecule has 1 heterocycles. The van der Waals surface area contributed by atoms with Gasteiger partial charge in [-0.25, -0.2) is 0 Å². The van der Waals surface area contributed by atoms with Crippen LogP contribution < -0.4 is 5.32 Å². The topological polar surface area (TPSA) is 15.3 Å². The molecule has 0 radical (unpaired) electrons. The van der Waals surface area contributed by atoms with Gasteiger partial charge in [0.2, 0.25) is 0 Å². The molecule has 0 aromatic heterocycles. The monoisotopic (exact) mass is 288 g/mol. The van der Waals surface area contributed by atoms with Gasteiger partial charge in [-0.15, -0.1) is 0 Å². The highest BCUT2D eigenvalue weighted by atomic mass is 15.2. The zero-order valence-corrected chi connectivity index (χ0v) is 14.1. The molecule has 0 bridgehead atoms. The van der Waals surface area contributed by atoms with Crippen LogP contribution in [-0.4, -0.2) is 30.6 Å². The molecule has 2 rings (SSSR count). The van der Waals surface area contributed by atoms with E-state index in [1.54, 1.807) is 0 Å². The molecule has 2 nitrogen and oxygen atoms in total. The number of aryl methyl sites for hydroxylation is 1. The molecule has 0 spiro atoms. The summed E-state index contributed by atoms with van der Waals surface area (Å²) in [5.74, 6) is 0. The molecule has 0 amide bonds. The first-order valence-electron chi connectivity index (χ1n) is 8.79. The maximum Gasteiger partial charge on any atom is 0.0451 e. The zero-order valence-electron chi connectivity index (χ0n) is 14.1. The summed E-state index contributed by atoms with van der Waals surface area (Å²) in [6, 6.07) is 10.1. The van der Waals surface area contributed by atoms with Crippen LogP contribution in [0.25, 0.3) is 0 Å². The minimum Gasteiger partial charge on any atom is -0.309 e. The number of nitrogens with one attached hydrogen (secondary N) is 1. The predicted octanol–water partition coefficient (Wildman–Crippen LogP) is 4.30. The molecule has 118 valence electrons. The van der Waals surface area contributed by atoms with E-state index in [9.17, 15) is 0 Å². The molecule has 2 heteroatoms. The average Bonchev–Trinajstić information content (AvgIpc) is 2.72. The van der Waals surface area contributed by atoms with Crippen molar-refractivity contribution in [3.05, 3.63) is 35.4 Å². The summed E-state index contributed by atoms with van der Waals surface area (Å²) < 4.78 is 0. The maximum atomic E-state index is 3.71. The Morgan fingerprint density at radius 2 is 2.00 bits per heavy atom. The Kier molecular flexibility index (Phi) is 6.72. The predicted molar refractivity (Wildman–Crippen MR) is 91.7 cm³/mol. The largest absolute Gasteiger partial charge is 0.309 e. The van der Waals surface area contributed by atoms with Gasteiger partial charge in [-0.05, 0) is 50.4 Å².